The van der Waals surface area contributed by atoms with Gasteiger partial charge in [-0.2, -0.15) is 13.2 Å². The van der Waals surface area contributed by atoms with E-state index >= 15 is 0 Å². The molecule has 0 rings (SSSR count). The van der Waals surface area contributed by atoms with Crippen molar-refractivity contribution >= 4 is 0 Å². The van der Waals surface area contributed by atoms with Crippen molar-refractivity contribution in [1.29, 1.82) is 0 Å². The van der Waals surface area contributed by atoms with Gasteiger partial charge in [0, 0.05) is 25.6 Å². The van der Waals surface area contributed by atoms with Crippen LogP contribution in [0.4, 0.5) is 13.2 Å². The van der Waals surface area contributed by atoms with E-state index in [0.717, 1.165) is 19.5 Å². The summed E-state index contributed by atoms with van der Waals surface area (Å²) in [5.74, 6) is 0. The van der Waals surface area contributed by atoms with Gasteiger partial charge < -0.3 is 10.6 Å². The zero-order chi connectivity index (χ0) is 12.4. The van der Waals surface area contributed by atoms with Gasteiger partial charge in [-0.15, -0.1) is 0 Å². The number of halogens is 3. The topological polar surface area (TPSA) is 24.1 Å². The standard InChI is InChI=1S/C11H23F3N2/c1-3-10(2)16-9-8-15-7-5-4-6-11(12,13)14/h10,15-16H,3-9H2,1-2H3. The SMILES string of the molecule is CCC(C)NCCNCCCCC(F)(F)F. The molecule has 0 radical (unpaired) electrons. The Morgan fingerprint density at radius 2 is 1.75 bits per heavy atom. The third-order valence-electron chi connectivity index (χ3n) is 2.47. The van der Waals surface area contributed by atoms with E-state index in [4.69, 9.17) is 0 Å². The summed E-state index contributed by atoms with van der Waals surface area (Å²) in [7, 11) is 0. The summed E-state index contributed by atoms with van der Waals surface area (Å²) in [6.45, 7) is 6.58. The van der Waals surface area contributed by atoms with Gasteiger partial charge >= 0.3 is 6.18 Å². The molecule has 0 saturated heterocycles. The van der Waals surface area contributed by atoms with E-state index in [2.05, 4.69) is 24.5 Å². The molecule has 98 valence electrons. The number of alkyl halides is 3. The number of hydrogen-bond acceptors (Lipinski definition) is 2. The van der Waals surface area contributed by atoms with Crippen LogP contribution in [0.5, 0.6) is 0 Å². The Morgan fingerprint density at radius 1 is 1.06 bits per heavy atom. The quantitative estimate of drug-likeness (QED) is 0.605. The first-order valence-electron chi connectivity index (χ1n) is 5.96. The van der Waals surface area contributed by atoms with Gasteiger partial charge in [0.25, 0.3) is 0 Å². The van der Waals surface area contributed by atoms with Gasteiger partial charge in [-0.3, -0.25) is 0 Å². The van der Waals surface area contributed by atoms with E-state index in [1.165, 1.54) is 0 Å². The highest BCUT2D eigenvalue weighted by Gasteiger charge is 2.25. The van der Waals surface area contributed by atoms with Crippen LogP contribution < -0.4 is 10.6 Å². The van der Waals surface area contributed by atoms with Crippen molar-refractivity contribution in [1.82, 2.24) is 10.6 Å². The van der Waals surface area contributed by atoms with Crippen molar-refractivity contribution in [2.45, 2.75) is 51.7 Å². The van der Waals surface area contributed by atoms with Crippen molar-refractivity contribution < 1.29 is 13.2 Å². The molecule has 0 aliphatic rings. The lowest BCUT2D eigenvalue weighted by Crippen LogP contribution is -2.33. The molecular weight excluding hydrogens is 217 g/mol. The molecule has 0 spiro atoms. The molecule has 0 amide bonds. The van der Waals surface area contributed by atoms with Gasteiger partial charge in [-0.05, 0) is 32.7 Å². The zero-order valence-corrected chi connectivity index (χ0v) is 10.2. The molecule has 2 N–H and O–H groups in total. The molecule has 0 aliphatic carbocycles. The largest absolute Gasteiger partial charge is 0.389 e. The Hall–Kier alpha value is -0.290. The number of unbranched alkanes of at least 4 members (excludes halogenated alkanes) is 1. The van der Waals surface area contributed by atoms with Crippen LogP contribution in [-0.4, -0.2) is 31.9 Å². The third kappa shape index (κ3) is 11.8. The normalized spacial score (nSPS) is 14.1. The molecule has 1 atom stereocenters. The summed E-state index contributed by atoms with van der Waals surface area (Å²) >= 11 is 0. The maximum atomic E-state index is 11.8. The van der Waals surface area contributed by atoms with Crippen molar-refractivity contribution in [3.8, 4) is 0 Å². The second kappa shape index (κ2) is 8.82. The molecule has 5 heteroatoms. The first kappa shape index (κ1) is 15.7. The minimum atomic E-state index is -4.00. The van der Waals surface area contributed by atoms with E-state index < -0.39 is 12.6 Å². The third-order valence-corrected chi connectivity index (χ3v) is 2.47. The summed E-state index contributed by atoms with van der Waals surface area (Å²) in [6, 6.07) is 0.507. The van der Waals surface area contributed by atoms with E-state index in [-0.39, 0.29) is 6.42 Å². The van der Waals surface area contributed by atoms with Crippen molar-refractivity contribution in [2.75, 3.05) is 19.6 Å². The molecule has 0 saturated carbocycles. The van der Waals surface area contributed by atoms with Crippen molar-refractivity contribution in [2.24, 2.45) is 0 Å². The van der Waals surface area contributed by atoms with Crippen LogP contribution in [0.1, 0.15) is 39.5 Å². The lowest BCUT2D eigenvalue weighted by molar-refractivity contribution is -0.135. The van der Waals surface area contributed by atoms with E-state index in [1.54, 1.807) is 0 Å². The predicted octanol–water partition coefficient (Wildman–Crippen LogP) is 2.70. The van der Waals surface area contributed by atoms with Crippen LogP contribution in [0.25, 0.3) is 0 Å². The molecular formula is C11H23F3N2. The van der Waals surface area contributed by atoms with Crippen LogP contribution in [0.15, 0.2) is 0 Å². The van der Waals surface area contributed by atoms with Gasteiger partial charge in [-0.25, -0.2) is 0 Å². The number of rotatable bonds is 9. The monoisotopic (exact) mass is 240 g/mol. The van der Waals surface area contributed by atoms with E-state index in [0.29, 0.717) is 19.0 Å². The van der Waals surface area contributed by atoms with Gasteiger partial charge in [0.05, 0.1) is 0 Å². The van der Waals surface area contributed by atoms with Gasteiger partial charge in [0.1, 0.15) is 0 Å². The van der Waals surface area contributed by atoms with E-state index in [1.807, 2.05) is 0 Å². The van der Waals surface area contributed by atoms with Crippen LogP contribution in [0.2, 0.25) is 0 Å². The molecule has 0 fully saturated rings. The highest BCUT2D eigenvalue weighted by Crippen LogP contribution is 2.21. The summed E-state index contributed by atoms with van der Waals surface area (Å²) in [6.07, 6.45) is -2.78. The average Bonchev–Trinajstić information content (AvgIpc) is 2.20. The summed E-state index contributed by atoms with van der Waals surface area (Å²) in [4.78, 5) is 0. The smallest absolute Gasteiger partial charge is 0.315 e. The Bertz CT molecular complexity index is 160. The Labute approximate surface area is 96.0 Å². The highest BCUT2D eigenvalue weighted by molar-refractivity contribution is 4.59. The van der Waals surface area contributed by atoms with Gasteiger partial charge in [0.2, 0.25) is 0 Å². The first-order valence-corrected chi connectivity index (χ1v) is 5.96. The molecule has 0 aliphatic heterocycles. The maximum absolute atomic E-state index is 11.8. The first-order chi connectivity index (χ1) is 7.45. The van der Waals surface area contributed by atoms with Crippen LogP contribution >= 0.6 is 0 Å². The van der Waals surface area contributed by atoms with Crippen LogP contribution in [-0.2, 0) is 0 Å². The fraction of sp³-hybridized carbons (Fsp3) is 1.00. The Morgan fingerprint density at radius 3 is 2.31 bits per heavy atom. The highest BCUT2D eigenvalue weighted by atomic mass is 19.4. The molecule has 0 aromatic carbocycles. The number of nitrogens with one attached hydrogen (secondary N) is 2. The van der Waals surface area contributed by atoms with E-state index in [9.17, 15) is 13.2 Å². The molecule has 0 aromatic rings. The average molecular weight is 240 g/mol. The van der Waals surface area contributed by atoms with Crippen LogP contribution in [0.3, 0.4) is 0 Å². The second-order valence-electron chi connectivity index (χ2n) is 4.09. The second-order valence-corrected chi connectivity index (χ2v) is 4.09. The van der Waals surface area contributed by atoms with Gasteiger partial charge in [0.15, 0.2) is 0 Å². The maximum Gasteiger partial charge on any atom is 0.389 e. The molecule has 0 heterocycles. The molecule has 1 unspecified atom stereocenters. The van der Waals surface area contributed by atoms with Crippen LogP contribution in [0, 0.1) is 0 Å². The zero-order valence-electron chi connectivity index (χ0n) is 10.2. The van der Waals surface area contributed by atoms with Gasteiger partial charge in [-0.1, -0.05) is 6.92 Å². The molecule has 16 heavy (non-hydrogen) atoms. The summed E-state index contributed by atoms with van der Waals surface area (Å²) in [5, 5.41) is 6.43. The summed E-state index contributed by atoms with van der Waals surface area (Å²) in [5.41, 5.74) is 0. The van der Waals surface area contributed by atoms with Crippen molar-refractivity contribution in [3.63, 3.8) is 0 Å². The summed E-state index contributed by atoms with van der Waals surface area (Å²) < 4.78 is 35.3. The fourth-order valence-corrected chi connectivity index (χ4v) is 1.25. The Kier molecular flexibility index (Phi) is 8.66. The fourth-order valence-electron chi connectivity index (χ4n) is 1.25. The molecule has 0 aromatic heterocycles. The number of hydrogen-bond donors (Lipinski definition) is 2. The lowest BCUT2D eigenvalue weighted by atomic mass is 10.2. The lowest BCUT2D eigenvalue weighted by Gasteiger charge is -2.11. The Balaban J connectivity index is 3.10. The van der Waals surface area contributed by atoms with Crippen molar-refractivity contribution in [3.05, 3.63) is 0 Å². The molecule has 0 bridgehead atoms. The minimum Gasteiger partial charge on any atom is -0.315 e. The molecule has 2 nitrogen and oxygen atoms in total. The minimum absolute atomic E-state index is 0.218. The predicted molar refractivity (Wildman–Crippen MR) is 60.5 cm³/mol.